The predicted octanol–water partition coefficient (Wildman–Crippen LogP) is 2.29. The lowest BCUT2D eigenvalue weighted by Gasteiger charge is -2.40. The fourth-order valence-corrected chi connectivity index (χ4v) is 2.71. The molecule has 5 nitrogen and oxygen atoms in total. The van der Waals surface area contributed by atoms with Gasteiger partial charge in [-0.2, -0.15) is 26.3 Å². The second-order valence-electron chi connectivity index (χ2n) is 5.75. The summed E-state index contributed by atoms with van der Waals surface area (Å²) in [7, 11) is 0. The van der Waals surface area contributed by atoms with Gasteiger partial charge in [-0.05, 0) is 19.8 Å². The fourth-order valence-electron chi connectivity index (χ4n) is 2.71. The normalized spacial score (nSPS) is 23.3. The number of aryl methyl sites for hydroxylation is 1. The first-order valence-corrected chi connectivity index (χ1v) is 7.15. The molecule has 0 saturated carbocycles. The highest BCUT2D eigenvalue weighted by atomic mass is 19.4. The van der Waals surface area contributed by atoms with Crippen molar-refractivity contribution in [3.8, 4) is 0 Å². The van der Waals surface area contributed by atoms with Crippen molar-refractivity contribution in [2.45, 2.75) is 50.7 Å². The van der Waals surface area contributed by atoms with Crippen LogP contribution in [0.4, 0.5) is 26.3 Å². The summed E-state index contributed by atoms with van der Waals surface area (Å²) in [6, 6.07) is -2.80. The van der Waals surface area contributed by atoms with Crippen molar-refractivity contribution in [1.82, 2.24) is 20.2 Å². The quantitative estimate of drug-likeness (QED) is 0.815. The smallest absolute Gasteiger partial charge is 0.345 e. The van der Waals surface area contributed by atoms with Crippen molar-refractivity contribution in [3.05, 3.63) is 17.7 Å². The molecule has 2 heterocycles. The van der Waals surface area contributed by atoms with Gasteiger partial charge in [0.2, 0.25) is 0 Å². The Kier molecular flexibility index (Phi) is 5.11. The van der Waals surface area contributed by atoms with E-state index in [1.165, 1.54) is 6.20 Å². The standard InChI is InChI=1S/C13H16F6N4O/c1-7-4-20-10(21-7)6-23-5-8(22-11(24)13(17,18)19)2-3-9(23)12(14,15)16/h4,8-9H,2-3,5-6H2,1H3,(H,20,21)(H,22,24)/t8-,9+/m1/s1. The fraction of sp³-hybridized carbons (Fsp3) is 0.692. The third-order valence-corrected chi connectivity index (χ3v) is 3.76. The number of carbonyl (C=O) groups excluding carboxylic acids is 1. The topological polar surface area (TPSA) is 61.0 Å². The number of hydrogen-bond acceptors (Lipinski definition) is 3. The number of likely N-dealkylation sites (tertiary alicyclic amines) is 1. The molecule has 0 radical (unpaired) electrons. The van der Waals surface area contributed by atoms with Crippen LogP contribution in [0.2, 0.25) is 0 Å². The van der Waals surface area contributed by atoms with Crippen LogP contribution in [-0.2, 0) is 11.3 Å². The molecular weight excluding hydrogens is 342 g/mol. The van der Waals surface area contributed by atoms with Gasteiger partial charge in [0.15, 0.2) is 0 Å². The second-order valence-corrected chi connectivity index (χ2v) is 5.75. The number of H-pyrrole nitrogens is 1. The molecule has 0 aromatic carbocycles. The van der Waals surface area contributed by atoms with Crippen molar-refractivity contribution in [3.63, 3.8) is 0 Å². The van der Waals surface area contributed by atoms with Crippen LogP contribution in [0.1, 0.15) is 24.4 Å². The highest BCUT2D eigenvalue weighted by Crippen LogP contribution is 2.33. The summed E-state index contributed by atoms with van der Waals surface area (Å²) in [5, 5.41) is 1.75. The van der Waals surface area contributed by atoms with E-state index in [-0.39, 0.29) is 25.3 Å². The molecule has 1 aromatic rings. The molecule has 1 aliphatic rings. The number of carbonyl (C=O) groups is 1. The summed E-state index contributed by atoms with van der Waals surface area (Å²) >= 11 is 0. The van der Waals surface area contributed by atoms with E-state index in [9.17, 15) is 31.1 Å². The lowest BCUT2D eigenvalue weighted by Crippen LogP contribution is -2.57. The van der Waals surface area contributed by atoms with E-state index in [2.05, 4.69) is 9.97 Å². The maximum atomic E-state index is 13.1. The zero-order valence-corrected chi connectivity index (χ0v) is 12.6. The Balaban J connectivity index is 2.09. The average molecular weight is 358 g/mol. The van der Waals surface area contributed by atoms with E-state index in [1.807, 2.05) is 0 Å². The van der Waals surface area contributed by atoms with Gasteiger partial charge < -0.3 is 10.3 Å². The van der Waals surface area contributed by atoms with Gasteiger partial charge in [-0.1, -0.05) is 0 Å². The largest absolute Gasteiger partial charge is 0.471 e. The molecule has 1 amide bonds. The Morgan fingerprint density at radius 2 is 2.00 bits per heavy atom. The van der Waals surface area contributed by atoms with Crippen molar-refractivity contribution in [2.24, 2.45) is 0 Å². The highest BCUT2D eigenvalue weighted by molar-refractivity contribution is 5.81. The number of alkyl halides is 6. The molecule has 1 fully saturated rings. The van der Waals surface area contributed by atoms with Gasteiger partial charge >= 0.3 is 18.3 Å². The van der Waals surface area contributed by atoms with Crippen LogP contribution in [0.5, 0.6) is 0 Å². The molecule has 0 spiro atoms. The van der Waals surface area contributed by atoms with Gasteiger partial charge in [-0.3, -0.25) is 9.69 Å². The number of piperidine rings is 1. The van der Waals surface area contributed by atoms with Crippen molar-refractivity contribution >= 4 is 5.91 Å². The summed E-state index contributed by atoms with van der Waals surface area (Å²) in [4.78, 5) is 18.7. The number of imidazole rings is 1. The number of hydrogen-bond donors (Lipinski definition) is 2. The summed E-state index contributed by atoms with van der Waals surface area (Å²) in [5.41, 5.74) is 0.660. The number of amides is 1. The first-order valence-electron chi connectivity index (χ1n) is 7.15. The van der Waals surface area contributed by atoms with E-state index < -0.39 is 36.8 Å². The first kappa shape index (κ1) is 18.6. The minimum absolute atomic E-state index is 0.181. The molecule has 1 aromatic heterocycles. The van der Waals surface area contributed by atoms with Crippen LogP contribution in [-0.4, -0.2) is 51.8 Å². The third-order valence-electron chi connectivity index (χ3n) is 3.76. The van der Waals surface area contributed by atoms with Crippen molar-refractivity contribution in [2.75, 3.05) is 6.54 Å². The minimum Gasteiger partial charge on any atom is -0.345 e. The number of aromatic amines is 1. The van der Waals surface area contributed by atoms with Crippen LogP contribution in [0.25, 0.3) is 0 Å². The molecule has 2 N–H and O–H groups in total. The van der Waals surface area contributed by atoms with E-state index in [1.54, 1.807) is 12.2 Å². The molecule has 0 unspecified atom stereocenters. The lowest BCUT2D eigenvalue weighted by atomic mass is 9.97. The van der Waals surface area contributed by atoms with Gasteiger partial charge in [0.25, 0.3) is 0 Å². The second kappa shape index (κ2) is 6.61. The predicted molar refractivity (Wildman–Crippen MR) is 70.8 cm³/mol. The number of nitrogens with one attached hydrogen (secondary N) is 2. The summed E-state index contributed by atoms with van der Waals surface area (Å²) in [5.74, 6) is -1.86. The molecule has 0 bridgehead atoms. The molecule has 24 heavy (non-hydrogen) atoms. The minimum atomic E-state index is -5.07. The van der Waals surface area contributed by atoms with Gasteiger partial charge in [0, 0.05) is 24.5 Å². The number of halogens is 6. The van der Waals surface area contributed by atoms with Crippen LogP contribution in [0.3, 0.4) is 0 Å². The van der Waals surface area contributed by atoms with E-state index in [0.717, 1.165) is 4.90 Å². The van der Waals surface area contributed by atoms with Gasteiger partial charge in [0.05, 0.1) is 6.54 Å². The highest BCUT2D eigenvalue weighted by Gasteiger charge is 2.47. The van der Waals surface area contributed by atoms with Crippen LogP contribution >= 0.6 is 0 Å². The number of nitrogens with zero attached hydrogens (tertiary/aromatic N) is 2. The Labute approximate surface area is 133 Å². The van der Waals surface area contributed by atoms with Crippen molar-refractivity contribution < 1.29 is 31.1 Å². The van der Waals surface area contributed by atoms with E-state index >= 15 is 0 Å². The molecule has 2 rings (SSSR count). The Hall–Kier alpha value is -1.78. The Morgan fingerprint density at radius 1 is 1.33 bits per heavy atom. The maximum Gasteiger partial charge on any atom is 0.471 e. The van der Waals surface area contributed by atoms with Crippen LogP contribution in [0.15, 0.2) is 6.20 Å². The maximum absolute atomic E-state index is 13.1. The number of aromatic nitrogens is 2. The van der Waals surface area contributed by atoms with Gasteiger partial charge in [0.1, 0.15) is 11.9 Å². The molecular formula is C13H16F6N4O. The third kappa shape index (κ3) is 4.62. The molecule has 1 saturated heterocycles. The van der Waals surface area contributed by atoms with Gasteiger partial charge in [-0.25, -0.2) is 4.98 Å². The molecule has 11 heteroatoms. The summed E-state index contributed by atoms with van der Waals surface area (Å²) in [6.07, 6.45) is -8.71. The first-order chi connectivity index (χ1) is 11.0. The van der Waals surface area contributed by atoms with Crippen LogP contribution < -0.4 is 5.32 Å². The molecule has 1 aliphatic heterocycles. The van der Waals surface area contributed by atoms with Gasteiger partial charge in [-0.15, -0.1) is 0 Å². The molecule has 0 aliphatic carbocycles. The molecule has 136 valence electrons. The average Bonchev–Trinajstić information content (AvgIpc) is 2.82. The van der Waals surface area contributed by atoms with E-state index in [0.29, 0.717) is 5.69 Å². The zero-order valence-electron chi connectivity index (χ0n) is 12.6. The zero-order chi connectivity index (χ0) is 18.1. The van der Waals surface area contributed by atoms with E-state index in [4.69, 9.17) is 0 Å². The van der Waals surface area contributed by atoms with Crippen molar-refractivity contribution in [1.29, 1.82) is 0 Å². The number of rotatable bonds is 3. The summed E-state index contributed by atoms with van der Waals surface area (Å²) in [6.45, 7) is 1.14. The Morgan fingerprint density at radius 3 is 2.50 bits per heavy atom. The molecule has 2 atom stereocenters. The summed E-state index contributed by atoms with van der Waals surface area (Å²) < 4.78 is 76.3. The lowest BCUT2D eigenvalue weighted by molar-refractivity contribution is -0.196. The monoisotopic (exact) mass is 358 g/mol. The SMILES string of the molecule is Cc1cnc(CN2C[C@H](NC(=O)C(F)(F)F)CC[C@H]2C(F)(F)F)[nH]1. The van der Waals surface area contributed by atoms with Crippen LogP contribution in [0, 0.1) is 6.92 Å². The Bertz CT molecular complexity index is 582.